The first kappa shape index (κ1) is 10.8. The summed E-state index contributed by atoms with van der Waals surface area (Å²) in [5, 5.41) is 0. The van der Waals surface area contributed by atoms with Crippen LogP contribution in [0.1, 0.15) is 27.7 Å². The van der Waals surface area contributed by atoms with Crippen molar-refractivity contribution < 1.29 is 19.1 Å². The van der Waals surface area contributed by atoms with Crippen molar-refractivity contribution in [3.05, 3.63) is 11.3 Å². The molecule has 0 amide bonds. The van der Waals surface area contributed by atoms with E-state index in [1.54, 1.807) is 13.8 Å². The molecule has 1 atom stereocenters. The molecule has 0 aromatic rings. The average Bonchev–Trinajstić information content (AvgIpc) is 2.28. The topological polar surface area (TPSA) is 52.6 Å². The van der Waals surface area contributed by atoms with E-state index < -0.39 is 11.4 Å². The summed E-state index contributed by atoms with van der Waals surface area (Å²) in [6.07, 6.45) is 0. The number of hydrogen-bond acceptors (Lipinski definition) is 4. The highest BCUT2D eigenvalue weighted by molar-refractivity contribution is 5.84. The molecule has 14 heavy (non-hydrogen) atoms. The van der Waals surface area contributed by atoms with Gasteiger partial charge in [-0.15, -0.1) is 0 Å². The van der Waals surface area contributed by atoms with Crippen LogP contribution in [0.3, 0.4) is 0 Å². The number of carbonyl (C=O) groups is 2. The molecule has 0 saturated heterocycles. The Labute approximate surface area is 82.9 Å². The molecule has 78 valence electrons. The molecule has 0 radical (unpaired) electrons. The molecule has 0 bridgehead atoms. The molecule has 0 N–H and O–H groups in total. The molecule has 0 aromatic carbocycles. The van der Waals surface area contributed by atoms with Gasteiger partial charge in [0.2, 0.25) is 0 Å². The molecule has 1 unspecified atom stereocenters. The number of carbonyl (C=O) groups excluding carboxylic acids is 2. The van der Waals surface area contributed by atoms with Gasteiger partial charge in [-0.25, -0.2) is 0 Å². The maximum absolute atomic E-state index is 11.5. The van der Waals surface area contributed by atoms with E-state index in [1.165, 1.54) is 6.92 Å². The highest BCUT2D eigenvalue weighted by Crippen LogP contribution is 2.37. The Morgan fingerprint density at radius 3 is 2.43 bits per heavy atom. The van der Waals surface area contributed by atoms with Gasteiger partial charge >= 0.3 is 11.9 Å². The lowest BCUT2D eigenvalue weighted by atomic mass is 9.85. The van der Waals surface area contributed by atoms with Crippen LogP contribution in [0.15, 0.2) is 11.3 Å². The van der Waals surface area contributed by atoms with Crippen LogP contribution in [0.25, 0.3) is 0 Å². The fourth-order valence-corrected chi connectivity index (χ4v) is 1.28. The van der Waals surface area contributed by atoms with Gasteiger partial charge in [-0.2, -0.15) is 0 Å². The third-order valence-corrected chi connectivity index (χ3v) is 2.62. The van der Waals surface area contributed by atoms with Gasteiger partial charge in [-0.1, -0.05) is 0 Å². The van der Waals surface area contributed by atoms with Crippen LogP contribution in [0.4, 0.5) is 0 Å². The van der Waals surface area contributed by atoms with E-state index in [1.807, 2.05) is 6.92 Å². The van der Waals surface area contributed by atoms with Crippen molar-refractivity contribution in [2.75, 3.05) is 6.61 Å². The van der Waals surface area contributed by atoms with Crippen LogP contribution < -0.4 is 0 Å². The Balaban J connectivity index is 2.82. The third-order valence-electron chi connectivity index (χ3n) is 2.62. The van der Waals surface area contributed by atoms with Gasteiger partial charge in [0.15, 0.2) is 0 Å². The van der Waals surface area contributed by atoms with Crippen molar-refractivity contribution in [1.29, 1.82) is 0 Å². The third kappa shape index (κ3) is 1.64. The van der Waals surface area contributed by atoms with Crippen LogP contribution in [-0.4, -0.2) is 18.5 Å². The fourth-order valence-electron chi connectivity index (χ4n) is 1.28. The van der Waals surface area contributed by atoms with Crippen molar-refractivity contribution >= 4 is 11.9 Å². The van der Waals surface area contributed by atoms with Crippen molar-refractivity contribution in [2.24, 2.45) is 5.41 Å². The lowest BCUT2D eigenvalue weighted by Crippen LogP contribution is -2.31. The largest absolute Gasteiger partial charge is 0.464 e. The minimum atomic E-state index is -0.810. The molecule has 1 heterocycles. The zero-order valence-electron chi connectivity index (χ0n) is 8.84. The number of ether oxygens (including phenoxy) is 2. The van der Waals surface area contributed by atoms with E-state index in [9.17, 15) is 9.59 Å². The molecule has 0 fully saturated rings. The summed E-state index contributed by atoms with van der Waals surface area (Å²) in [4.78, 5) is 22.1. The standard InChI is InChI=1S/C10H14O4/c1-6-7(2)14-9(12)10(6,4)5-13-8(3)11/h5H2,1-4H3. The second-order valence-electron chi connectivity index (χ2n) is 3.68. The Kier molecular flexibility index (Phi) is 2.64. The summed E-state index contributed by atoms with van der Waals surface area (Å²) in [6, 6.07) is 0. The van der Waals surface area contributed by atoms with E-state index in [-0.39, 0.29) is 12.6 Å². The summed E-state index contributed by atoms with van der Waals surface area (Å²) in [7, 11) is 0. The second kappa shape index (κ2) is 3.44. The molecule has 4 heteroatoms. The molecule has 0 saturated carbocycles. The molecule has 0 spiro atoms. The van der Waals surface area contributed by atoms with E-state index in [0.29, 0.717) is 5.76 Å². The molecular weight excluding hydrogens is 184 g/mol. The first-order chi connectivity index (χ1) is 6.38. The molecular formula is C10H14O4. The normalized spacial score (nSPS) is 26.4. The Morgan fingerprint density at radius 1 is 1.50 bits per heavy atom. The molecule has 0 aliphatic carbocycles. The maximum Gasteiger partial charge on any atom is 0.324 e. The fraction of sp³-hybridized carbons (Fsp3) is 0.600. The highest BCUT2D eigenvalue weighted by atomic mass is 16.6. The van der Waals surface area contributed by atoms with Crippen LogP contribution >= 0.6 is 0 Å². The van der Waals surface area contributed by atoms with Crippen molar-refractivity contribution in [3.8, 4) is 0 Å². The van der Waals surface area contributed by atoms with Crippen LogP contribution in [0, 0.1) is 5.41 Å². The predicted octanol–water partition coefficient (Wildman–Crippen LogP) is 1.41. The van der Waals surface area contributed by atoms with Crippen molar-refractivity contribution in [2.45, 2.75) is 27.7 Å². The summed E-state index contributed by atoms with van der Waals surface area (Å²) in [6.45, 7) is 6.61. The first-order valence-corrected chi connectivity index (χ1v) is 4.41. The summed E-state index contributed by atoms with van der Waals surface area (Å²) in [5.41, 5.74) is 0.0131. The molecule has 1 aliphatic rings. The summed E-state index contributed by atoms with van der Waals surface area (Å²) < 4.78 is 9.81. The minimum Gasteiger partial charge on any atom is -0.464 e. The van der Waals surface area contributed by atoms with Crippen molar-refractivity contribution in [3.63, 3.8) is 0 Å². The van der Waals surface area contributed by atoms with E-state index in [4.69, 9.17) is 9.47 Å². The first-order valence-electron chi connectivity index (χ1n) is 4.41. The highest BCUT2D eigenvalue weighted by Gasteiger charge is 2.44. The number of rotatable bonds is 2. The van der Waals surface area contributed by atoms with Crippen molar-refractivity contribution in [1.82, 2.24) is 0 Å². The molecule has 4 nitrogen and oxygen atoms in total. The van der Waals surface area contributed by atoms with Gasteiger partial charge < -0.3 is 9.47 Å². The van der Waals surface area contributed by atoms with Crippen LogP contribution in [-0.2, 0) is 19.1 Å². The monoisotopic (exact) mass is 198 g/mol. The second-order valence-corrected chi connectivity index (χ2v) is 3.68. The zero-order valence-corrected chi connectivity index (χ0v) is 8.84. The Morgan fingerprint density at radius 2 is 2.07 bits per heavy atom. The molecule has 0 aromatic heterocycles. The number of esters is 2. The SMILES string of the molecule is CC(=O)OCC1(C)C(=O)OC(C)=C1C. The number of allylic oxidation sites excluding steroid dienone is 1. The van der Waals surface area contributed by atoms with Gasteiger partial charge in [0, 0.05) is 6.92 Å². The van der Waals surface area contributed by atoms with Gasteiger partial charge in [0.25, 0.3) is 0 Å². The Hall–Kier alpha value is -1.32. The predicted molar refractivity (Wildman–Crippen MR) is 49.2 cm³/mol. The number of hydrogen-bond donors (Lipinski definition) is 0. The van der Waals surface area contributed by atoms with E-state index >= 15 is 0 Å². The number of cyclic esters (lactones) is 1. The van der Waals surface area contributed by atoms with Crippen LogP contribution in [0.5, 0.6) is 0 Å². The summed E-state index contributed by atoms with van der Waals surface area (Å²) >= 11 is 0. The van der Waals surface area contributed by atoms with E-state index in [2.05, 4.69) is 0 Å². The quantitative estimate of drug-likeness (QED) is 0.629. The lowest BCUT2D eigenvalue weighted by molar-refractivity contribution is -0.152. The van der Waals surface area contributed by atoms with Gasteiger partial charge in [-0.3, -0.25) is 9.59 Å². The zero-order chi connectivity index (χ0) is 10.9. The van der Waals surface area contributed by atoms with Gasteiger partial charge in [-0.05, 0) is 26.3 Å². The molecule has 1 rings (SSSR count). The average molecular weight is 198 g/mol. The van der Waals surface area contributed by atoms with Crippen LogP contribution in [0.2, 0.25) is 0 Å². The molecule has 1 aliphatic heterocycles. The lowest BCUT2D eigenvalue weighted by Gasteiger charge is -2.20. The van der Waals surface area contributed by atoms with Gasteiger partial charge in [0.1, 0.15) is 17.8 Å². The Bertz CT molecular complexity index is 316. The maximum atomic E-state index is 11.5. The minimum absolute atomic E-state index is 0.0460. The smallest absolute Gasteiger partial charge is 0.324 e. The van der Waals surface area contributed by atoms with E-state index in [0.717, 1.165) is 5.57 Å². The summed E-state index contributed by atoms with van der Waals surface area (Å²) in [5.74, 6) is -0.144. The van der Waals surface area contributed by atoms with Gasteiger partial charge in [0.05, 0.1) is 0 Å².